The molecule has 2 saturated carbocycles. The van der Waals surface area contributed by atoms with Crippen molar-refractivity contribution in [1.82, 2.24) is 5.32 Å². The molecule has 1 amide bonds. The maximum absolute atomic E-state index is 14.6. The molecule has 56 heavy (non-hydrogen) atoms. The Bertz CT molecular complexity index is 1720. The third-order valence-corrected chi connectivity index (χ3v) is 11.9. The van der Waals surface area contributed by atoms with E-state index < -0.39 is 101 Å². The second-order valence-corrected chi connectivity index (χ2v) is 17.5. The maximum atomic E-state index is 14.6. The number of carbonyl (C=O) groups is 4. The maximum Gasteiger partial charge on any atom is 0.407 e. The molecule has 14 nitrogen and oxygen atoms in total. The molecule has 16 heteroatoms. The van der Waals surface area contributed by atoms with Crippen LogP contribution in [0, 0.1) is 110 Å². The number of esters is 2. The molecule has 1 saturated heterocycles. The number of fused-ring (bicyclic) bond motifs is 5. The molecule has 1 aliphatic heterocycles. The third-order valence-electron chi connectivity index (χ3n) is 11.9. The molecule has 0 aromatic heterocycles. The molecule has 0 spiro atoms. The predicted molar refractivity (Wildman–Crippen MR) is 193 cm³/mol. The van der Waals surface area contributed by atoms with E-state index in [-0.39, 0.29) is 130 Å². The zero-order chi connectivity index (χ0) is 40.3. The first-order valence-corrected chi connectivity index (χ1v) is 18.3. The van der Waals surface area contributed by atoms with Gasteiger partial charge in [-0.25, -0.2) is 14.4 Å². The van der Waals surface area contributed by atoms with E-state index in [1.165, 1.54) is 32.1 Å². The number of rotatable bonds is 8. The standard InChI is InChI=1S/C40H55NO13.2Ac/c1-20(2)15-23(41-35(48)52-18-36(4,5)6)28(43)34(47)53-24-17-40(50)32(54-33(46)22-13-11-10-12-14-22)30-38(9,25(42)16-26-39(30,49)19-51-26)31(45)29(44)27(21(24)3)37(40,7)8;;/h10-15,23-26,28-30,32,42-44,49-50H,16-19H2,1-9H3,(H,41,48);;/t23-,24?,25-,26+,28+,29+,30-,32-,38+,39-,40+;;/m0../s1. The number of hydrogen-bond donors (Lipinski definition) is 6. The molecular weight excluding hydrogens is 1160 g/mol. The van der Waals surface area contributed by atoms with Crippen molar-refractivity contribution in [3.8, 4) is 0 Å². The van der Waals surface area contributed by atoms with Crippen LogP contribution in [-0.4, -0.2) is 116 Å². The van der Waals surface area contributed by atoms with Crippen molar-refractivity contribution in [2.45, 2.75) is 129 Å². The van der Waals surface area contributed by atoms with Gasteiger partial charge in [-0.05, 0) is 56.4 Å². The van der Waals surface area contributed by atoms with Gasteiger partial charge in [0.15, 0.2) is 11.9 Å². The van der Waals surface area contributed by atoms with E-state index in [1.54, 1.807) is 45.9 Å². The molecular formula is C40H55Ac2NO13. The van der Waals surface area contributed by atoms with Crippen molar-refractivity contribution < 1.29 is 152 Å². The van der Waals surface area contributed by atoms with Crippen molar-refractivity contribution >= 4 is 23.8 Å². The molecule has 11 atom stereocenters. The van der Waals surface area contributed by atoms with Crippen molar-refractivity contribution in [3.05, 3.63) is 58.7 Å². The van der Waals surface area contributed by atoms with Crippen LogP contribution in [0.25, 0.3) is 0 Å². The zero-order valence-electron chi connectivity index (χ0n) is 33.6. The fourth-order valence-electron chi connectivity index (χ4n) is 8.76. The van der Waals surface area contributed by atoms with E-state index in [9.17, 15) is 44.7 Å². The van der Waals surface area contributed by atoms with Gasteiger partial charge in [-0.15, -0.1) is 0 Å². The van der Waals surface area contributed by atoms with Gasteiger partial charge in [0.1, 0.15) is 29.5 Å². The van der Waals surface area contributed by atoms with Gasteiger partial charge in [-0.1, -0.05) is 64.5 Å². The van der Waals surface area contributed by atoms with Crippen LogP contribution in [0.5, 0.6) is 0 Å². The molecule has 6 N–H and O–H groups in total. The Hall–Kier alpha value is -0.777. The number of alkyl carbamates (subject to hydrolysis) is 1. The molecule has 3 fully saturated rings. The normalized spacial score (nSPS) is 34.1. The molecule has 5 rings (SSSR count). The summed E-state index contributed by atoms with van der Waals surface area (Å²) in [6.07, 6.45) is -9.66. The summed E-state index contributed by atoms with van der Waals surface area (Å²) < 4.78 is 23.0. The fourth-order valence-corrected chi connectivity index (χ4v) is 8.76. The Morgan fingerprint density at radius 1 is 1.04 bits per heavy atom. The average Bonchev–Trinajstić information content (AvgIpc) is 3.08. The molecule has 1 heterocycles. The van der Waals surface area contributed by atoms with Crippen LogP contribution >= 0.6 is 0 Å². The number of ketones is 1. The Kier molecular flexibility index (Phi) is 16.0. The Labute approximate surface area is 399 Å². The second-order valence-electron chi connectivity index (χ2n) is 17.5. The quantitative estimate of drug-likeness (QED) is 0.126. The van der Waals surface area contributed by atoms with E-state index in [0.29, 0.717) is 5.57 Å². The molecule has 3 aliphatic carbocycles. The number of amides is 1. The number of nitrogens with one attached hydrogen (secondary N) is 1. The first kappa shape index (κ1) is 49.6. The first-order chi connectivity index (χ1) is 24.9. The van der Waals surface area contributed by atoms with Gasteiger partial charge in [0, 0.05) is 112 Å². The largest absolute Gasteiger partial charge is 0.456 e. The van der Waals surface area contributed by atoms with E-state index in [4.69, 9.17) is 18.9 Å². The average molecular weight is 1210 g/mol. The Balaban J connectivity index is 0.00000420. The molecule has 2 bridgehead atoms. The Morgan fingerprint density at radius 3 is 2.18 bits per heavy atom. The molecule has 4 aliphatic rings. The SMILES string of the molecule is CC(C)=C[C@H](NC(=O)OCC(C)(C)C)[C@@H](O)C(=O)OC1C[C@@]2(O)[C@@H](OC(=O)c3ccccc3)[C@@H]3[C@]4(O)CO[C@@H]4C[C@H](O)[C@@]3(C)C(=O)[C@H](O)C(=C1C)C2(C)C.[Ac].[Ac]. The van der Waals surface area contributed by atoms with Gasteiger partial charge >= 0.3 is 18.0 Å². The van der Waals surface area contributed by atoms with Crippen molar-refractivity contribution in [3.63, 3.8) is 0 Å². The summed E-state index contributed by atoms with van der Waals surface area (Å²) in [5.74, 6) is -4.51. The number of ether oxygens (including phenoxy) is 4. The number of benzene rings is 1. The van der Waals surface area contributed by atoms with Crippen LogP contribution in [0.3, 0.4) is 0 Å². The van der Waals surface area contributed by atoms with Crippen molar-refractivity contribution in [1.29, 1.82) is 0 Å². The van der Waals surface area contributed by atoms with Gasteiger partial charge in [-0.2, -0.15) is 0 Å². The summed E-state index contributed by atoms with van der Waals surface area (Å²) in [6.45, 7) is 14.7. The minimum Gasteiger partial charge on any atom is -0.456 e. The zero-order valence-corrected chi connectivity index (χ0v) is 43.1. The number of allylic oxidation sites excluding steroid dienone is 1. The summed E-state index contributed by atoms with van der Waals surface area (Å²) >= 11 is 0. The molecule has 304 valence electrons. The van der Waals surface area contributed by atoms with Crippen LogP contribution in [-0.2, 0) is 28.5 Å². The van der Waals surface area contributed by atoms with Gasteiger partial charge in [0.05, 0.1) is 42.4 Å². The van der Waals surface area contributed by atoms with E-state index in [2.05, 4.69) is 5.32 Å². The summed E-state index contributed by atoms with van der Waals surface area (Å²) in [5, 5.41) is 62.8. The minimum absolute atomic E-state index is 0. The molecule has 2 radical (unpaired) electrons. The second kappa shape index (κ2) is 18.1. The van der Waals surface area contributed by atoms with E-state index in [1.807, 2.05) is 20.8 Å². The van der Waals surface area contributed by atoms with Gasteiger partial charge < -0.3 is 49.8 Å². The summed E-state index contributed by atoms with van der Waals surface area (Å²) in [7, 11) is 0. The van der Waals surface area contributed by atoms with Crippen LogP contribution in [0.1, 0.15) is 85.5 Å². The number of hydrogen-bond acceptors (Lipinski definition) is 13. The molecule has 1 aromatic rings. The van der Waals surface area contributed by atoms with Gasteiger partial charge in [-0.3, -0.25) is 4.79 Å². The summed E-state index contributed by atoms with van der Waals surface area (Å²) in [6, 6.07) is 6.60. The van der Waals surface area contributed by atoms with Crippen molar-refractivity contribution in [2.24, 2.45) is 22.2 Å². The van der Waals surface area contributed by atoms with Crippen LogP contribution in [0.2, 0.25) is 0 Å². The van der Waals surface area contributed by atoms with Crippen LogP contribution in [0.15, 0.2) is 53.1 Å². The fraction of sp³-hybridized carbons (Fsp3) is 0.650. The minimum atomic E-state index is -2.29. The van der Waals surface area contributed by atoms with Crippen LogP contribution in [0.4, 0.5) is 4.79 Å². The molecule has 1 aromatic carbocycles. The van der Waals surface area contributed by atoms with Crippen LogP contribution < -0.4 is 5.32 Å². The number of carbonyl (C=O) groups excluding carboxylic acids is 4. The number of aliphatic hydroxyl groups is 5. The summed E-state index contributed by atoms with van der Waals surface area (Å²) in [4.78, 5) is 55.0. The summed E-state index contributed by atoms with van der Waals surface area (Å²) in [5.41, 5.74) is -7.19. The van der Waals surface area contributed by atoms with Gasteiger partial charge in [0.25, 0.3) is 0 Å². The van der Waals surface area contributed by atoms with E-state index in [0.717, 1.165) is 0 Å². The topological polar surface area (TPSA) is 218 Å². The van der Waals surface area contributed by atoms with E-state index >= 15 is 0 Å². The Morgan fingerprint density at radius 2 is 1.64 bits per heavy atom. The predicted octanol–water partition coefficient (Wildman–Crippen LogP) is 2.53. The van der Waals surface area contributed by atoms with Crippen molar-refractivity contribution in [2.75, 3.05) is 13.2 Å². The first-order valence-electron chi connectivity index (χ1n) is 18.3. The number of aliphatic hydroxyl groups excluding tert-OH is 3. The molecule has 1 unspecified atom stereocenters. The monoisotopic (exact) mass is 1210 g/mol. The number of Topliss-reactive ketones (excluding diaryl/α,β-unsaturated/α-hetero) is 1. The third kappa shape index (κ3) is 8.97. The van der Waals surface area contributed by atoms with Gasteiger partial charge in [0.2, 0.25) is 0 Å². The smallest absolute Gasteiger partial charge is 0.407 e.